The van der Waals surface area contributed by atoms with Crippen molar-refractivity contribution in [2.24, 2.45) is 7.05 Å². The molecule has 0 radical (unpaired) electrons. The van der Waals surface area contributed by atoms with Crippen LogP contribution in [0.4, 0.5) is 0 Å². The Kier molecular flexibility index (Phi) is 3.06. The Balaban J connectivity index is 2.08. The van der Waals surface area contributed by atoms with Gasteiger partial charge in [-0.1, -0.05) is 0 Å². The summed E-state index contributed by atoms with van der Waals surface area (Å²) in [5, 5.41) is 13.5. The molecule has 0 aromatic carbocycles. The molecule has 0 atom stereocenters. The highest BCUT2D eigenvalue weighted by Crippen LogP contribution is 2.28. The Bertz CT molecular complexity index is 642. The van der Waals surface area contributed by atoms with E-state index in [1.54, 1.807) is 0 Å². The smallest absolute Gasteiger partial charge is 0.357 e. The zero-order valence-corrected chi connectivity index (χ0v) is 11.9. The van der Waals surface area contributed by atoms with Gasteiger partial charge in [-0.25, -0.2) is 9.78 Å². The number of nitrogens with zero attached hydrogens (tertiary/aromatic N) is 4. The molecule has 1 aliphatic heterocycles. The largest absolute Gasteiger partial charge is 0.476 e. The fraction of sp³-hybridized carbons (Fsp3) is 0.545. The van der Waals surface area contributed by atoms with E-state index in [9.17, 15) is 4.79 Å². The molecule has 0 saturated carbocycles. The third kappa shape index (κ3) is 1.95. The molecule has 3 rings (SSSR count). The SMILES string of the molecule is Cn1c(C2CCOCC2)nn2c(Br)c(C(=O)O)nc12. The van der Waals surface area contributed by atoms with Crippen LogP contribution in [0.2, 0.25) is 0 Å². The molecule has 3 heterocycles. The van der Waals surface area contributed by atoms with Gasteiger partial charge in [0.05, 0.1) is 0 Å². The van der Waals surface area contributed by atoms with Crippen LogP contribution in [0.15, 0.2) is 4.60 Å². The van der Waals surface area contributed by atoms with Crippen molar-refractivity contribution in [2.45, 2.75) is 18.8 Å². The normalized spacial score (nSPS) is 17.2. The van der Waals surface area contributed by atoms with Gasteiger partial charge in [-0.3, -0.25) is 4.57 Å². The third-order valence-electron chi connectivity index (χ3n) is 3.42. The zero-order valence-electron chi connectivity index (χ0n) is 10.3. The molecule has 102 valence electrons. The lowest BCUT2D eigenvalue weighted by Crippen LogP contribution is -2.17. The first-order valence-electron chi connectivity index (χ1n) is 6.01. The summed E-state index contributed by atoms with van der Waals surface area (Å²) < 4.78 is 9.11. The van der Waals surface area contributed by atoms with E-state index in [-0.39, 0.29) is 5.69 Å². The highest BCUT2D eigenvalue weighted by molar-refractivity contribution is 9.10. The number of hydrogen-bond donors (Lipinski definition) is 1. The van der Waals surface area contributed by atoms with Crippen LogP contribution in [0.1, 0.15) is 35.1 Å². The maximum Gasteiger partial charge on any atom is 0.357 e. The molecule has 0 amide bonds. The number of fused-ring (bicyclic) bond motifs is 1. The fourth-order valence-electron chi connectivity index (χ4n) is 2.41. The summed E-state index contributed by atoms with van der Waals surface area (Å²) >= 11 is 3.24. The van der Waals surface area contributed by atoms with Gasteiger partial charge in [0.25, 0.3) is 0 Å². The molecule has 0 bridgehead atoms. The van der Waals surface area contributed by atoms with Crippen molar-refractivity contribution in [1.82, 2.24) is 19.2 Å². The van der Waals surface area contributed by atoms with Gasteiger partial charge in [-0.2, -0.15) is 9.61 Å². The molecule has 2 aromatic heterocycles. The Labute approximate surface area is 117 Å². The number of halogens is 1. The molecule has 1 fully saturated rings. The van der Waals surface area contributed by atoms with Crippen LogP contribution in [0.25, 0.3) is 5.78 Å². The van der Waals surface area contributed by atoms with Crippen molar-refractivity contribution < 1.29 is 14.6 Å². The maximum atomic E-state index is 11.0. The first-order chi connectivity index (χ1) is 9.09. The van der Waals surface area contributed by atoms with Gasteiger partial charge in [0.2, 0.25) is 5.78 Å². The molecule has 1 saturated heterocycles. The predicted molar refractivity (Wildman–Crippen MR) is 69.4 cm³/mol. The van der Waals surface area contributed by atoms with Crippen LogP contribution in [0.5, 0.6) is 0 Å². The number of ether oxygens (including phenoxy) is 1. The second-order valence-corrected chi connectivity index (χ2v) is 5.32. The molecular formula is C11H13BrN4O3. The van der Waals surface area contributed by atoms with E-state index in [2.05, 4.69) is 26.0 Å². The van der Waals surface area contributed by atoms with E-state index < -0.39 is 5.97 Å². The summed E-state index contributed by atoms with van der Waals surface area (Å²) in [6.07, 6.45) is 1.86. The van der Waals surface area contributed by atoms with Crippen molar-refractivity contribution in [3.63, 3.8) is 0 Å². The number of aromatic carboxylic acids is 1. The van der Waals surface area contributed by atoms with Gasteiger partial charge < -0.3 is 9.84 Å². The van der Waals surface area contributed by atoms with E-state index >= 15 is 0 Å². The first kappa shape index (κ1) is 12.6. The summed E-state index contributed by atoms with van der Waals surface area (Å²) in [5.74, 6) is 0.722. The van der Waals surface area contributed by atoms with Gasteiger partial charge >= 0.3 is 5.97 Å². The summed E-state index contributed by atoms with van der Waals surface area (Å²) in [5.41, 5.74) is -0.0170. The van der Waals surface area contributed by atoms with Crippen LogP contribution in [0.3, 0.4) is 0 Å². The minimum absolute atomic E-state index is 0.0170. The molecule has 19 heavy (non-hydrogen) atoms. The average Bonchev–Trinajstić information content (AvgIpc) is 2.90. The number of aromatic nitrogens is 4. The van der Waals surface area contributed by atoms with E-state index in [0.717, 1.165) is 31.9 Å². The molecule has 0 aliphatic carbocycles. The van der Waals surface area contributed by atoms with E-state index in [0.29, 0.717) is 16.3 Å². The lowest BCUT2D eigenvalue weighted by Gasteiger charge is -2.20. The summed E-state index contributed by atoms with van der Waals surface area (Å²) in [6.45, 7) is 1.47. The van der Waals surface area contributed by atoms with Crippen molar-refractivity contribution in [3.8, 4) is 0 Å². The van der Waals surface area contributed by atoms with Crippen LogP contribution < -0.4 is 0 Å². The second-order valence-electron chi connectivity index (χ2n) is 4.57. The number of hydrogen-bond acceptors (Lipinski definition) is 4. The molecule has 2 aromatic rings. The average molecular weight is 329 g/mol. The Morgan fingerprint density at radius 3 is 2.74 bits per heavy atom. The van der Waals surface area contributed by atoms with Gasteiger partial charge in [-0.15, -0.1) is 0 Å². The van der Waals surface area contributed by atoms with Crippen LogP contribution in [0, 0.1) is 0 Å². The second kappa shape index (κ2) is 4.61. The van der Waals surface area contributed by atoms with E-state index in [1.807, 2.05) is 11.6 Å². The third-order valence-corrected chi connectivity index (χ3v) is 4.13. The van der Waals surface area contributed by atoms with Crippen molar-refractivity contribution >= 4 is 27.7 Å². The van der Waals surface area contributed by atoms with Gasteiger partial charge in [0, 0.05) is 26.2 Å². The summed E-state index contributed by atoms with van der Waals surface area (Å²) in [4.78, 5) is 15.1. The number of carbonyl (C=O) groups is 1. The number of carboxylic acid groups (broad SMARTS) is 1. The van der Waals surface area contributed by atoms with Gasteiger partial charge in [0.15, 0.2) is 5.69 Å². The Morgan fingerprint density at radius 1 is 1.47 bits per heavy atom. The van der Waals surface area contributed by atoms with Crippen molar-refractivity contribution in [2.75, 3.05) is 13.2 Å². The Morgan fingerprint density at radius 2 is 2.16 bits per heavy atom. The quantitative estimate of drug-likeness (QED) is 0.901. The molecule has 1 N–H and O–H groups in total. The molecular weight excluding hydrogens is 316 g/mol. The summed E-state index contributed by atoms with van der Waals surface area (Å²) in [7, 11) is 1.86. The van der Waals surface area contributed by atoms with Gasteiger partial charge in [0.1, 0.15) is 10.4 Å². The van der Waals surface area contributed by atoms with Crippen molar-refractivity contribution in [3.05, 3.63) is 16.1 Å². The first-order valence-corrected chi connectivity index (χ1v) is 6.80. The minimum atomic E-state index is -1.06. The van der Waals surface area contributed by atoms with Crippen molar-refractivity contribution in [1.29, 1.82) is 0 Å². The highest BCUT2D eigenvalue weighted by Gasteiger charge is 2.26. The number of rotatable bonds is 2. The summed E-state index contributed by atoms with van der Waals surface area (Å²) in [6, 6.07) is 0. The zero-order chi connectivity index (χ0) is 13.6. The van der Waals surface area contributed by atoms with Gasteiger partial charge in [-0.05, 0) is 28.8 Å². The Hall–Kier alpha value is -1.41. The predicted octanol–water partition coefficient (Wildman–Crippen LogP) is 1.42. The number of imidazole rings is 1. The van der Waals surface area contributed by atoms with E-state index in [1.165, 1.54) is 4.52 Å². The van der Waals surface area contributed by atoms with E-state index in [4.69, 9.17) is 9.84 Å². The molecule has 0 unspecified atom stereocenters. The molecule has 7 nitrogen and oxygen atoms in total. The standard InChI is InChI=1S/C11H13BrN4O3/c1-15-9(6-2-4-19-5-3-6)14-16-8(12)7(10(17)18)13-11(15)16/h6H,2-5H2,1H3,(H,17,18). The number of carboxylic acids is 1. The minimum Gasteiger partial charge on any atom is -0.476 e. The van der Waals surface area contributed by atoms with Crippen LogP contribution in [-0.2, 0) is 11.8 Å². The lowest BCUT2D eigenvalue weighted by molar-refractivity contribution is 0.0690. The highest BCUT2D eigenvalue weighted by atomic mass is 79.9. The number of aryl methyl sites for hydroxylation is 1. The fourth-order valence-corrected chi connectivity index (χ4v) is 2.90. The molecule has 1 aliphatic rings. The lowest BCUT2D eigenvalue weighted by atomic mass is 10.00. The van der Waals surface area contributed by atoms with Crippen LogP contribution in [-0.4, -0.2) is 43.5 Å². The monoisotopic (exact) mass is 328 g/mol. The molecule has 0 spiro atoms. The molecule has 8 heteroatoms. The van der Waals surface area contributed by atoms with Crippen LogP contribution >= 0.6 is 15.9 Å². The topological polar surface area (TPSA) is 81.7 Å². The maximum absolute atomic E-state index is 11.0.